The van der Waals surface area contributed by atoms with Crippen molar-refractivity contribution >= 4 is 43.5 Å². The summed E-state index contributed by atoms with van der Waals surface area (Å²) in [5, 5.41) is 0.680. The number of nitrogens with two attached hydrogens (primary N) is 1. The smallest absolute Gasteiger partial charge is 0.0738 e. The van der Waals surface area contributed by atoms with E-state index < -0.39 is 0 Å². The first-order valence-corrected chi connectivity index (χ1v) is 7.67. The molecule has 0 bridgehead atoms. The highest BCUT2D eigenvalue weighted by molar-refractivity contribution is 9.10. The molecule has 0 spiro atoms. The van der Waals surface area contributed by atoms with Crippen LogP contribution in [-0.4, -0.2) is 0 Å². The van der Waals surface area contributed by atoms with E-state index in [2.05, 4.69) is 50.3 Å². The van der Waals surface area contributed by atoms with Crippen LogP contribution in [0.1, 0.15) is 22.7 Å². The van der Waals surface area contributed by atoms with Crippen molar-refractivity contribution < 1.29 is 0 Å². The van der Waals surface area contributed by atoms with E-state index in [4.69, 9.17) is 17.4 Å². The van der Waals surface area contributed by atoms with E-state index in [1.807, 2.05) is 30.3 Å². The highest BCUT2D eigenvalue weighted by Gasteiger charge is 2.20. The molecule has 1 unspecified atom stereocenters. The fourth-order valence-electron chi connectivity index (χ4n) is 2.08. The zero-order valence-electron chi connectivity index (χ0n) is 10.3. The predicted molar refractivity (Wildman–Crippen MR) is 87.2 cm³/mol. The molecule has 0 aliphatic heterocycles. The number of aryl methyl sites for hydroxylation is 1. The summed E-state index contributed by atoms with van der Waals surface area (Å²) in [6.07, 6.45) is 0. The van der Waals surface area contributed by atoms with E-state index >= 15 is 0 Å². The van der Waals surface area contributed by atoms with E-state index in [0.29, 0.717) is 5.02 Å². The van der Waals surface area contributed by atoms with Crippen LogP contribution in [-0.2, 0) is 0 Å². The summed E-state index contributed by atoms with van der Waals surface area (Å²) in [4.78, 5) is 0. The lowest BCUT2D eigenvalue weighted by Crippen LogP contribution is -2.30. The Hall–Kier alpha value is -0.390. The lowest BCUT2D eigenvalue weighted by atomic mass is 9.95. The van der Waals surface area contributed by atoms with Crippen LogP contribution in [0, 0.1) is 6.92 Å². The van der Waals surface area contributed by atoms with Gasteiger partial charge in [0.25, 0.3) is 0 Å². The van der Waals surface area contributed by atoms with Crippen molar-refractivity contribution in [3.63, 3.8) is 0 Å². The minimum Gasteiger partial charge on any atom is -0.271 e. The van der Waals surface area contributed by atoms with Crippen molar-refractivity contribution in [3.05, 3.63) is 67.1 Å². The van der Waals surface area contributed by atoms with Crippen molar-refractivity contribution in [1.82, 2.24) is 5.43 Å². The highest BCUT2D eigenvalue weighted by Crippen LogP contribution is 2.35. The van der Waals surface area contributed by atoms with Crippen LogP contribution in [0.2, 0.25) is 5.02 Å². The van der Waals surface area contributed by atoms with Crippen LogP contribution >= 0.6 is 43.5 Å². The molecule has 100 valence electrons. The van der Waals surface area contributed by atoms with Gasteiger partial charge in [-0.1, -0.05) is 55.6 Å². The van der Waals surface area contributed by atoms with Crippen molar-refractivity contribution in [2.24, 2.45) is 5.84 Å². The first-order chi connectivity index (χ1) is 9.04. The molecule has 0 amide bonds. The van der Waals surface area contributed by atoms with E-state index in [1.54, 1.807) is 0 Å². The molecule has 1 atom stereocenters. The van der Waals surface area contributed by atoms with Gasteiger partial charge in [-0.2, -0.15) is 0 Å². The number of rotatable bonds is 3. The maximum absolute atomic E-state index is 6.30. The van der Waals surface area contributed by atoms with Crippen LogP contribution in [0.3, 0.4) is 0 Å². The number of hydrogen-bond donors (Lipinski definition) is 2. The Morgan fingerprint density at radius 1 is 1.21 bits per heavy atom. The predicted octanol–water partition coefficient (Wildman–Crippen LogP) is 4.73. The highest BCUT2D eigenvalue weighted by atomic mass is 79.9. The maximum atomic E-state index is 6.30. The molecule has 0 heterocycles. The lowest BCUT2D eigenvalue weighted by molar-refractivity contribution is 0.631. The summed E-state index contributed by atoms with van der Waals surface area (Å²) in [5.41, 5.74) is 6.03. The van der Waals surface area contributed by atoms with Gasteiger partial charge in [0.15, 0.2) is 0 Å². The monoisotopic (exact) mass is 402 g/mol. The number of nitrogens with one attached hydrogen (secondary N) is 1. The van der Waals surface area contributed by atoms with Gasteiger partial charge in [0.2, 0.25) is 0 Å². The minimum atomic E-state index is -0.156. The first kappa shape index (κ1) is 15.0. The van der Waals surface area contributed by atoms with Gasteiger partial charge in [-0.3, -0.25) is 5.84 Å². The summed E-state index contributed by atoms with van der Waals surface area (Å²) in [6, 6.07) is 11.7. The molecule has 5 heteroatoms. The Kier molecular flexibility index (Phi) is 5.03. The van der Waals surface area contributed by atoms with Crippen LogP contribution in [0.15, 0.2) is 45.3 Å². The average molecular weight is 405 g/mol. The fourth-order valence-corrected chi connectivity index (χ4v) is 3.55. The van der Waals surface area contributed by atoms with Gasteiger partial charge in [-0.25, -0.2) is 5.43 Å². The van der Waals surface area contributed by atoms with Crippen LogP contribution in [0.5, 0.6) is 0 Å². The molecule has 2 aromatic rings. The Balaban J connectivity index is 2.56. The third kappa shape index (κ3) is 3.20. The second-order valence-electron chi connectivity index (χ2n) is 4.24. The van der Waals surface area contributed by atoms with Gasteiger partial charge in [0.1, 0.15) is 0 Å². The minimum absolute atomic E-state index is 0.156. The molecular weight excluding hydrogens is 391 g/mol. The molecule has 0 aromatic heterocycles. The zero-order valence-corrected chi connectivity index (χ0v) is 14.2. The number of hydrazine groups is 1. The number of halogens is 3. The molecule has 2 nitrogen and oxygen atoms in total. The molecule has 0 aliphatic rings. The zero-order chi connectivity index (χ0) is 14.0. The fraction of sp³-hybridized carbons (Fsp3) is 0.143. The van der Waals surface area contributed by atoms with Crippen LogP contribution < -0.4 is 11.3 Å². The summed E-state index contributed by atoms with van der Waals surface area (Å²) >= 11 is 13.3. The van der Waals surface area contributed by atoms with Crippen molar-refractivity contribution in [2.75, 3.05) is 0 Å². The largest absolute Gasteiger partial charge is 0.271 e. The molecule has 0 aliphatic carbocycles. The molecule has 0 saturated heterocycles. The van der Waals surface area contributed by atoms with Gasteiger partial charge in [-0.15, -0.1) is 0 Å². The Morgan fingerprint density at radius 3 is 2.53 bits per heavy atom. The second-order valence-corrected chi connectivity index (χ2v) is 6.41. The topological polar surface area (TPSA) is 38.0 Å². The van der Waals surface area contributed by atoms with Gasteiger partial charge >= 0.3 is 0 Å². The van der Waals surface area contributed by atoms with E-state index in [9.17, 15) is 0 Å². The van der Waals surface area contributed by atoms with Gasteiger partial charge in [0, 0.05) is 19.5 Å². The second kappa shape index (κ2) is 6.37. The van der Waals surface area contributed by atoms with Crippen molar-refractivity contribution in [1.29, 1.82) is 0 Å². The molecular formula is C14H13Br2ClN2. The number of benzene rings is 2. The van der Waals surface area contributed by atoms with Gasteiger partial charge in [-0.05, 0) is 42.3 Å². The summed E-state index contributed by atoms with van der Waals surface area (Å²) < 4.78 is 1.98. The quantitative estimate of drug-likeness (QED) is 0.574. The molecule has 19 heavy (non-hydrogen) atoms. The molecule has 0 radical (unpaired) electrons. The number of hydrogen-bond acceptors (Lipinski definition) is 2. The van der Waals surface area contributed by atoms with Crippen molar-refractivity contribution in [3.8, 4) is 0 Å². The van der Waals surface area contributed by atoms with E-state index in [0.717, 1.165) is 25.6 Å². The van der Waals surface area contributed by atoms with Gasteiger partial charge < -0.3 is 0 Å². The first-order valence-electron chi connectivity index (χ1n) is 5.70. The third-order valence-corrected chi connectivity index (χ3v) is 4.51. The normalized spacial score (nSPS) is 12.5. The molecule has 2 aromatic carbocycles. The van der Waals surface area contributed by atoms with Crippen LogP contribution in [0.4, 0.5) is 0 Å². The SMILES string of the molecule is Cc1cc(Br)ccc1C(NN)c1c(Cl)cccc1Br. The van der Waals surface area contributed by atoms with E-state index in [-0.39, 0.29) is 6.04 Å². The summed E-state index contributed by atoms with van der Waals surface area (Å²) in [5.74, 6) is 5.74. The van der Waals surface area contributed by atoms with Gasteiger partial charge in [0.05, 0.1) is 6.04 Å². The van der Waals surface area contributed by atoms with Crippen LogP contribution in [0.25, 0.3) is 0 Å². The van der Waals surface area contributed by atoms with E-state index in [1.165, 1.54) is 0 Å². The van der Waals surface area contributed by atoms with Crippen molar-refractivity contribution in [2.45, 2.75) is 13.0 Å². The lowest BCUT2D eigenvalue weighted by Gasteiger charge is -2.21. The molecule has 2 rings (SSSR count). The standard InChI is InChI=1S/C14H13Br2ClN2/c1-8-7-9(15)5-6-10(8)14(19-18)13-11(16)3-2-4-12(13)17/h2-7,14,19H,18H2,1H3. The molecule has 3 N–H and O–H groups in total. The summed E-state index contributed by atoms with van der Waals surface area (Å²) in [7, 11) is 0. The molecule has 0 saturated carbocycles. The maximum Gasteiger partial charge on any atom is 0.0738 e. The summed E-state index contributed by atoms with van der Waals surface area (Å²) in [6.45, 7) is 2.05. The Morgan fingerprint density at radius 2 is 1.95 bits per heavy atom. The molecule has 0 fully saturated rings. The Labute approximate surface area is 134 Å². The third-order valence-electron chi connectivity index (χ3n) is 3.00. The average Bonchev–Trinajstić information content (AvgIpc) is 2.35. The Bertz CT molecular complexity index is 582.